The summed E-state index contributed by atoms with van der Waals surface area (Å²) in [5.41, 5.74) is 1.23. The van der Waals surface area contributed by atoms with Crippen molar-refractivity contribution < 1.29 is 28.6 Å². The van der Waals surface area contributed by atoms with Gasteiger partial charge in [-0.3, -0.25) is 14.4 Å². The number of allylic oxidation sites excluding steroid dienone is 1. The molecular formula is C26H37BrO6. The van der Waals surface area contributed by atoms with E-state index < -0.39 is 0 Å². The number of hydrogen-bond donors (Lipinski definition) is 0. The highest BCUT2D eigenvalue weighted by molar-refractivity contribution is 9.09. The van der Waals surface area contributed by atoms with Gasteiger partial charge in [0.25, 0.3) is 0 Å². The van der Waals surface area contributed by atoms with Crippen molar-refractivity contribution in [2.75, 3.05) is 6.61 Å². The summed E-state index contributed by atoms with van der Waals surface area (Å²) in [6, 6.07) is 0. The Morgan fingerprint density at radius 1 is 1.00 bits per heavy atom. The van der Waals surface area contributed by atoms with Crippen LogP contribution in [0.5, 0.6) is 0 Å². The maximum Gasteiger partial charge on any atom is 0.302 e. The monoisotopic (exact) mass is 524 g/mol. The van der Waals surface area contributed by atoms with E-state index in [2.05, 4.69) is 42.8 Å². The molecule has 6 nitrogen and oxygen atoms in total. The standard InChI is InChI=1S/C26H37BrO6/c1-14(28)31-13-23(27)24(4)8-7-18-17(10-24)20(32-15(2)29)9-22-25(5)11-19(25)21(33-16(3)30)12-26(18,22)6/h7,17,19-23H,8-13H2,1-6H3/t17-,19+,20-,21-,22-,23?,24+,25+,26+/m0/s1. The summed E-state index contributed by atoms with van der Waals surface area (Å²) in [6.07, 6.45) is 6.55. The molecule has 4 rings (SSSR count). The zero-order valence-electron chi connectivity index (χ0n) is 20.6. The summed E-state index contributed by atoms with van der Waals surface area (Å²) in [6.45, 7) is 11.6. The van der Waals surface area contributed by atoms with Gasteiger partial charge < -0.3 is 14.2 Å². The van der Waals surface area contributed by atoms with Crippen LogP contribution < -0.4 is 0 Å². The first-order chi connectivity index (χ1) is 15.3. The first-order valence-corrected chi connectivity index (χ1v) is 13.0. The maximum absolute atomic E-state index is 12.1. The molecular weight excluding hydrogens is 488 g/mol. The molecule has 3 saturated carbocycles. The van der Waals surface area contributed by atoms with E-state index in [9.17, 15) is 14.4 Å². The van der Waals surface area contributed by atoms with Crippen LogP contribution in [0.1, 0.15) is 73.6 Å². The van der Waals surface area contributed by atoms with E-state index >= 15 is 0 Å². The van der Waals surface area contributed by atoms with Crippen molar-refractivity contribution in [1.29, 1.82) is 0 Å². The molecule has 0 amide bonds. The lowest BCUT2D eigenvalue weighted by Crippen LogP contribution is -2.55. The molecule has 4 aliphatic rings. The Morgan fingerprint density at radius 3 is 2.24 bits per heavy atom. The summed E-state index contributed by atoms with van der Waals surface area (Å²) in [7, 11) is 0. The SMILES string of the molecule is CC(=O)OCC(Br)[C@]1(C)CC=C2[C@H](C1)[C@@H](OC(C)=O)C[C@H]1[C@]3(C)C[C@@H]3[C@@H](OC(C)=O)C[C@]21C. The van der Waals surface area contributed by atoms with Gasteiger partial charge in [0.05, 0.1) is 4.83 Å². The average molecular weight is 525 g/mol. The number of carbonyl (C=O) groups is 3. The highest BCUT2D eigenvalue weighted by Gasteiger charge is 2.71. The van der Waals surface area contributed by atoms with Gasteiger partial charge in [0.2, 0.25) is 0 Å². The van der Waals surface area contributed by atoms with Crippen molar-refractivity contribution >= 4 is 33.8 Å². The molecule has 184 valence electrons. The molecule has 0 aliphatic heterocycles. The summed E-state index contributed by atoms with van der Waals surface area (Å²) in [5.74, 6) is 0.142. The topological polar surface area (TPSA) is 78.9 Å². The van der Waals surface area contributed by atoms with Crippen LogP contribution in [0, 0.1) is 34.0 Å². The Morgan fingerprint density at radius 2 is 1.64 bits per heavy atom. The van der Waals surface area contributed by atoms with E-state index in [0.717, 1.165) is 32.1 Å². The van der Waals surface area contributed by atoms with Crippen LogP contribution in [0.25, 0.3) is 0 Å². The van der Waals surface area contributed by atoms with Crippen LogP contribution in [0.4, 0.5) is 0 Å². The first kappa shape index (κ1) is 24.7. The molecule has 0 N–H and O–H groups in total. The van der Waals surface area contributed by atoms with Gasteiger partial charge in [-0.05, 0) is 54.3 Å². The molecule has 33 heavy (non-hydrogen) atoms. The Hall–Kier alpha value is -1.37. The number of carbonyl (C=O) groups excluding carboxylic acids is 3. The summed E-state index contributed by atoms with van der Waals surface area (Å²) >= 11 is 3.78. The third-order valence-electron chi connectivity index (χ3n) is 9.26. The van der Waals surface area contributed by atoms with Crippen molar-refractivity contribution in [3.05, 3.63) is 11.6 Å². The number of alkyl halides is 1. The van der Waals surface area contributed by atoms with Crippen LogP contribution in [-0.4, -0.2) is 41.5 Å². The number of rotatable bonds is 5. The summed E-state index contributed by atoms with van der Waals surface area (Å²) in [4.78, 5) is 35.3. The molecule has 1 unspecified atom stereocenters. The van der Waals surface area contributed by atoms with Crippen LogP contribution in [-0.2, 0) is 28.6 Å². The van der Waals surface area contributed by atoms with E-state index in [-0.39, 0.29) is 57.1 Å². The second-order valence-electron chi connectivity index (χ2n) is 11.6. The van der Waals surface area contributed by atoms with E-state index in [1.807, 2.05) is 0 Å². The number of esters is 3. The molecule has 0 aromatic heterocycles. The summed E-state index contributed by atoms with van der Waals surface area (Å²) in [5, 5.41) is 0. The van der Waals surface area contributed by atoms with Crippen LogP contribution in [0.15, 0.2) is 11.6 Å². The number of ether oxygens (including phenoxy) is 3. The predicted molar refractivity (Wildman–Crippen MR) is 126 cm³/mol. The van der Waals surface area contributed by atoms with Gasteiger partial charge in [-0.25, -0.2) is 0 Å². The minimum absolute atomic E-state index is 0.000637. The van der Waals surface area contributed by atoms with Crippen molar-refractivity contribution in [2.24, 2.45) is 34.0 Å². The number of halogens is 1. The molecule has 7 heteroatoms. The summed E-state index contributed by atoms with van der Waals surface area (Å²) < 4.78 is 17.1. The highest BCUT2D eigenvalue weighted by atomic mass is 79.9. The average Bonchev–Trinajstić information content (AvgIpc) is 3.40. The number of hydrogen-bond acceptors (Lipinski definition) is 6. The van der Waals surface area contributed by atoms with Gasteiger partial charge in [-0.1, -0.05) is 48.4 Å². The lowest BCUT2D eigenvalue weighted by molar-refractivity contribution is -0.164. The minimum atomic E-state index is -0.285. The first-order valence-electron chi connectivity index (χ1n) is 12.1. The fourth-order valence-corrected chi connectivity index (χ4v) is 8.06. The molecule has 3 fully saturated rings. The van der Waals surface area contributed by atoms with Gasteiger partial charge in [0.15, 0.2) is 0 Å². The Balaban J connectivity index is 1.68. The molecule has 0 spiro atoms. The van der Waals surface area contributed by atoms with E-state index in [0.29, 0.717) is 18.4 Å². The molecule has 0 aromatic rings. The van der Waals surface area contributed by atoms with Crippen molar-refractivity contribution in [2.45, 2.75) is 90.7 Å². The Labute approximate surface area is 205 Å². The van der Waals surface area contributed by atoms with Gasteiger partial charge >= 0.3 is 17.9 Å². The molecule has 0 radical (unpaired) electrons. The zero-order chi connectivity index (χ0) is 24.3. The van der Waals surface area contributed by atoms with Crippen LogP contribution in [0.3, 0.4) is 0 Å². The molecule has 0 bridgehead atoms. The normalized spacial score (nSPS) is 44.2. The Kier molecular flexibility index (Phi) is 6.29. The van der Waals surface area contributed by atoms with Crippen LogP contribution >= 0.6 is 15.9 Å². The fraction of sp³-hybridized carbons (Fsp3) is 0.808. The molecule has 9 atom stereocenters. The quantitative estimate of drug-likeness (QED) is 0.218. The third-order valence-corrected chi connectivity index (χ3v) is 10.6. The fourth-order valence-electron chi connectivity index (χ4n) is 7.55. The molecule has 0 saturated heterocycles. The minimum Gasteiger partial charge on any atom is -0.465 e. The molecule has 0 aromatic carbocycles. The lowest BCUT2D eigenvalue weighted by atomic mass is 9.48. The zero-order valence-corrected chi connectivity index (χ0v) is 22.2. The smallest absolute Gasteiger partial charge is 0.302 e. The maximum atomic E-state index is 12.1. The van der Waals surface area contributed by atoms with Gasteiger partial charge in [0, 0.05) is 32.6 Å². The van der Waals surface area contributed by atoms with E-state index in [4.69, 9.17) is 14.2 Å². The molecule has 0 heterocycles. The molecule has 4 aliphatic carbocycles. The van der Waals surface area contributed by atoms with E-state index in [1.165, 1.54) is 26.3 Å². The second-order valence-corrected chi connectivity index (χ2v) is 12.7. The van der Waals surface area contributed by atoms with Gasteiger partial charge in [-0.15, -0.1) is 0 Å². The van der Waals surface area contributed by atoms with E-state index in [1.54, 1.807) is 0 Å². The van der Waals surface area contributed by atoms with Crippen molar-refractivity contribution in [3.63, 3.8) is 0 Å². The van der Waals surface area contributed by atoms with Crippen LogP contribution in [0.2, 0.25) is 0 Å². The number of fused-ring (bicyclic) bond motifs is 5. The van der Waals surface area contributed by atoms with Crippen molar-refractivity contribution in [3.8, 4) is 0 Å². The van der Waals surface area contributed by atoms with Gasteiger partial charge in [0.1, 0.15) is 18.8 Å². The predicted octanol–water partition coefficient (Wildman–Crippen LogP) is 4.98. The Bertz CT molecular complexity index is 884. The largest absolute Gasteiger partial charge is 0.465 e. The third kappa shape index (κ3) is 4.28. The van der Waals surface area contributed by atoms with Crippen molar-refractivity contribution in [1.82, 2.24) is 0 Å². The highest BCUT2D eigenvalue weighted by Crippen LogP contribution is 2.74. The lowest BCUT2D eigenvalue weighted by Gasteiger charge is -2.58. The van der Waals surface area contributed by atoms with Gasteiger partial charge in [-0.2, -0.15) is 0 Å². The second kappa shape index (κ2) is 8.39.